The number of ether oxygens (including phenoxy) is 1. The first-order valence-electron chi connectivity index (χ1n) is 11.7. The molecular formula is C26H27N5O4. The molecule has 3 amide bonds. The van der Waals surface area contributed by atoms with Gasteiger partial charge < -0.3 is 20.3 Å². The first-order chi connectivity index (χ1) is 17.0. The lowest BCUT2D eigenvalue weighted by molar-refractivity contribution is -0.131. The summed E-state index contributed by atoms with van der Waals surface area (Å²) in [4.78, 5) is 41.8. The van der Waals surface area contributed by atoms with Gasteiger partial charge in [0.1, 0.15) is 11.4 Å². The van der Waals surface area contributed by atoms with E-state index in [0.29, 0.717) is 48.5 Å². The zero-order valence-corrected chi connectivity index (χ0v) is 19.6. The Hall–Kier alpha value is -4.14. The Morgan fingerprint density at radius 1 is 1.03 bits per heavy atom. The molecule has 0 spiro atoms. The molecule has 0 radical (unpaired) electrons. The van der Waals surface area contributed by atoms with Crippen LogP contribution < -0.4 is 10.5 Å². The molecule has 1 aromatic carbocycles. The van der Waals surface area contributed by atoms with Gasteiger partial charge in [-0.15, -0.1) is 0 Å². The molecule has 1 fully saturated rings. The monoisotopic (exact) mass is 473 g/mol. The highest BCUT2D eigenvalue weighted by atomic mass is 16.5. The van der Waals surface area contributed by atoms with Crippen molar-refractivity contribution in [2.24, 2.45) is 5.73 Å². The molecule has 35 heavy (non-hydrogen) atoms. The van der Waals surface area contributed by atoms with Gasteiger partial charge in [-0.2, -0.15) is 5.10 Å². The predicted octanol–water partition coefficient (Wildman–Crippen LogP) is 2.72. The summed E-state index contributed by atoms with van der Waals surface area (Å²) in [7, 11) is 1.58. The lowest BCUT2D eigenvalue weighted by Gasteiger charge is -2.28. The highest BCUT2D eigenvalue weighted by Gasteiger charge is 2.35. The molecule has 0 unspecified atom stereocenters. The Kier molecular flexibility index (Phi) is 5.98. The minimum atomic E-state index is -0.665. The van der Waals surface area contributed by atoms with Crippen LogP contribution in [0.1, 0.15) is 52.2 Å². The molecule has 0 atom stereocenters. The fraction of sp³-hybridized carbons (Fsp3) is 0.308. The van der Waals surface area contributed by atoms with Crippen LogP contribution in [0, 0.1) is 0 Å². The topological polar surface area (TPSA) is 111 Å². The lowest BCUT2D eigenvalue weighted by Crippen LogP contribution is -2.38. The van der Waals surface area contributed by atoms with E-state index in [9.17, 15) is 14.4 Å². The number of aromatic nitrogens is 2. The number of piperidine rings is 1. The van der Waals surface area contributed by atoms with Crippen molar-refractivity contribution in [2.45, 2.75) is 32.1 Å². The summed E-state index contributed by atoms with van der Waals surface area (Å²) in [6.07, 6.45) is 11.3. The van der Waals surface area contributed by atoms with Gasteiger partial charge in [0.2, 0.25) is 5.91 Å². The van der Waals surface area contributed by atoms with E-state index in [2.05, 4.69) is 5.10 Å². The molecule has 2 N–H and O–H groups in total. The highest BCUT2D eigenvalue weighted by molar-refractivity contribution is 6.02. The molecule has 9 heteroatoms. The van der Waals surface area contributed by atoms with E-state index in [1.807, 2.05) is 29.2 Å². The normalized spacial score (nSPS) is 18.1. The largest absolute Gasteiger partial charge is 0.497 e. The molecular weight excluding hydrogens is 446 g/mol. The number of rotatable bonds is 5. The number of fused-ring (bicyclic) bond motifs is 1. The Balaban J connectivity index is 1.50. The van der Waals surface area contributed by atoms with Crippen molar-refractivity contribution in [3.8, 4) is 11.4 Å². The molecule has 1 aromatic heterocycles. The Bertz CT molecular complexity index is 1290. The van der Waals surface area contributed by atoms with Crippen molar-refractivity contribution in [2.75, 3.05) is 20.2 Å². The van der Waals surface area contributed by atoms with Crippen molar-refractivity contribution in [3.05, 3.63) is 76.9 Å². The van der Waals surface area contributed by atoms with Gasteiger partial charge in [-0.1, -0.05) is 6.08 Å². The maximum Gasteiger partial charge on any atom is 0.277 e. The molecule has 0 saturated carbocycles. The van der Waals surface area contributed by atoms with Crippen LogP contribution in [0.4, 0.5) is 0 Å². The van der Waals surface area contributed by atoms with Gasteiger partial charge in [-0.3, -0.25) is 14.4 Å². The highest BCUT2D eigenvalue weighted by Crippen LogP contribution is 2.30. The van der Waals surface area contributed by atoms with E-state index < -0.39 is 5.91 Å². The lowest BCUT2D eigenvalue weighted by atomic mass is 10.0. The van der Waals surface area contributed by atoms with Crippen molar-refractivity contribution in [1.82, 2.24) is 19.6 Å². The first-order valence-corrected chi connectivity index (χ1v) is 11.7. The van der Waals surface area contributed by atoms with Crippen LogP contribution in [-0.2, 0) is 11.2 Å². The van der Waals surface area contributed by atoms with Crippen LogP contribution in [0.3, 0.4) is 0 Å². The molecule has 3 aliphatic rings. The zero-order chi connectivity index (χ0) is 24.5. The van der Waals surface area contributed by atoms with Gasteiger partial charge in [-0.05, 0) is 61.8 Å². The van der Waals surface area contributed by atoms with Crippen LogP contribution in [-0.4, -0.2) is 57.5 Å². The van der Waals surface area contributed by atoms with Gasteiger partial charge in [0.15, 0.2) is 5.69 Å². The average molecular weight is 474 g/mol. The third-order valence-corrected chi connectivity index (χ3v) is 6.61. The van der Waals surface area contributed by atoms with E-state index in [0.717, 1.165) is 30.8 Å². The Labute approximate surface area is 203 Å². The number of allylic oxidation sites excluding steroid dienone is 4. The minimum absolute atomic E-state index is 0.111. The van der Waals surface area contributed by atoms with Crippen molar-refractivity contribution >= 4 is 17.7 Å². The second-order valence-electron chi connectivity index (χ2n) is 8.72. The summed E-state index contributed by atoms with van der Waals surface area (Å²) >= 11 is 0. The van der Waals surface area contributed by atoms with Crippen LogP contribution >= 0.6 is 0 Å². The molecule has 5 rings (SSSR count). The maximum absolute atomic E-state index is 13.7. The number of methoxy groups -OCH3 is 1. The number of benzene rings is 1. The number of likely N-dealkylation sites (tertiary alicyclic amines) is 1. The number of amides is 3. The average Bonchev–Trinajstić information content (AvgIpc) is 3.10. The molecule has 9 nitrogen and oxygen atoms in total. The van der Waals surface area contributed by atoms with Gasteiger partial charge in [0.25, 0.3) is 11.8 Å². The van der Waals surface area contributed by atoms with Crippen LogP contribution in [0.5, 0.6) is 5.75 Å². The molecule has 0 bridgehead atoms. The van der Waals surface area contributed by atoms with E-state index >= 15 is 0 Å². The fourth-order valence-electron chi connectivity index (χ4n) is 4.81. The zero-order valence-electron chi connectivity index (χ0n) is 19.6. The predicted molar refractivity (Wildman–Crippen MR) is 129 cm³/mol. The Morgan fingerprint density at radius 3 is 2.54 bits per heavy atom. The molecule has 2 aromatic rings. The van der Waals surface area contributed by atoms with Crippen molar-refractivity contribution < 1.29 is 19.1 Å². The number of carbonyl (C=O) groups excluding carboxylic acids is 3. The van der Waals surface area contributed by atoms with Crippen LogP contribution in [0.15, 0.2) is 60.0 Å². The van der Waals surface area contributed by atoms with Gasteiger partial charge in [0.05, 0.1) is 12.8 Å². The van der Waals surface area contributed by atoms with E-state index in [1.165, 1.54) is 4.68 Å². The Morgan fingerprint density at radius 2 is 1.83 bits per heavy atom. The smallest absolute Gasteiger partial charge is 0.277 e. The van der Waals surface area contributed by atoms with Crippen molar-refractivity contribution in [1.29, 1.82) is 0 Å². The number of hydrogen-bond acceptors (Lipinski definition) is 5. The molecule has 180 valence electrons. The maximum atomic E-state index is 13.7. The quantitative estimate of drug-likeness (QED) is 0.718. The molecule has 3 heterocycles. The van der Waals surface area contributed by atoms with E-state index in [-0.39, 0.29) is 17.5 Å². The van der Waals surface area contributed by atoms with Gasteiger partial charge in [-0.25, -0.2) is 4.68 Å². The number of primary amides is 1. The van der Waals surface area contributed by atoms with E-state index in [4.69, 9.17) is 10.5 Å². The molecule has 1 saturated heterocycles. The number of nitrogens with zero attached hydrogens (tertiary/aromatic N) is 4. The summed E-state index contributed by atoms with van der Waals surface area (Å²) in [5.41, 5.74) is 8.87. The summed E-state index contributed by atoms with van der Waals surface area (Å²) in [5.74, 6) is -0.110. The van der Waals surface area contributed by atoms with Crippen LogP contribution in [0.25, 0.3) is 5.69 Å². The van der Waals surface area contributed by atoms with Crippen molar-refractivity contribution in [3.63, 3.8) is 0 Å². The second-order valence-corrected chi connectivity index (χ2v) is 8.72. The first kappa shape index (κ1) is 22.6. The summed E-state index contributed by atoms with van der Waals surface area (Å²) < 4.78 is 6.71. The second kappa shape index (κ2) is 9.25. The minimum Gasteiger partial charge on any atom is -0.497 e. The summed E-state index contributed by atoms with van der Waals surface area (Å²) in [6.45, 7) is 1.12. The third kappa shape index (κ3) is 4.14. The van der Waals surface area contributed by atoms with Gasteiger partial charge in [0, 0.05) is 42.9 Å². The summed E-state index contributed by atoms with van der Waals surface area (Å²) in [6, 6.07) is 7.09. The fourth-order valence-corrected chi connectivity index (χ4v) is 4.81. The molecule has 2 aliphatic heterocycles. The number of hydrogen-bond donors (Lipinski definition) is 1. The number of nitrogens with two attached hydrogens (primary N) is 1. The standard InChI is InChI=1S/C26H27N5O4/c1-35-20-12-10-19(11-13-20)31-24-21(23(28-31)25(27)33)14-16-30(26(24)34)18-6-4-5-17(8-9-18)29-15-3-2-7-22(29)32/h4,6,8-13H,2-3,5,7,14-16H2,1H3,(H2,27,33). The molecule has 1 aliphatic carbocycles. The third-order valence-electron chi connectivity index (χ3n) is 6.61. The van der Waals surface area contributed by atoms with E-state index in [1.54, 1.807) is 36.3 Å². The number of carbonyl (C=O) groups is 3. The summed E-state index contributed by atoms with van der Waals surface area (Å²) in [5, 5.41) is 4.41. The SMILES string of the molecule is COc1ccc(-n2nc(C(N)=O)c3c2C(=O)N(C2=CC=C(N4CCCCC4=O)CC=C2)CC3)cc1. The van der Waals surface area contributed by atoms with Crippen LogP contribution in [0.2, 0.25) is 0 Å². The van der Waals surface area contributed by atoms with Gasteiger partial charge >= 0.3 is 0 Å².